The number of hydrogen-bond acceptors (Lipinski definition) is 5. The molecular formula is C20H22ClN3O3. The Bertz CT molecular complexity index is 969. The van der Waals surface area contributed by atoms with Crippen LogP contribution in [0.5, 0.6) is 5.75 Å². The molecule has 0 saturated heterocycles. The fourth-order valence-corrected chi connectivity index (χ4v) is 3.16. The summed E-state index contributed by atoms with van der Waals surface area (Å²) in [7, 11) is 0. The molecule has 0 saturated carbocycles. The standard InChI is InChI=1S/C20H22ClN3O3/c1-13-12-19-22-14(2)16(15(3)24(19)23-13)8-9-20(25)27-11-10-26-18-7-5-4-6-17(18)21/h4-7,12H,8-11H2,1-3H3. The van der Waals surface area contributed by atoms with E-state index in [9.17, 15) is 4.79 Å². The molecule has 0 aliphatic heterocycles. The van der Waals surface area contributed by atoms with E-state index in [1.807, 2.05) is 43.5 Å². The van der Waals surface area contributed by atoms with Gasteiger partial charge in [-0.05, 0) is 44.9 Å². The third-order valence-electron chi connectivity index (χ3n) is 4.31. The van der Waals surface area contributed by atoms with Gasteiger partial charge in [0.05, 0.1) is 10.7 Å². The van der Waals surface area contributed by atoms with E-state index in [-0.39, 0.29) is 25.6 Å². The third-order valence-corrected chi connectivity index (χ3v) is 4.62. The van der Waals surface area contributed by atoms with Crippen LogP contribution in [0.4, 0.5) is 0 Å². The van der Waals surface area contributed by atoms with Crippen molar-refractivity contribution in [3.05, 3.63) is 58.0 Å². The van der Waals surface area contributed by atoms with Gasteiger partial charge in [-0.2, -0.15) is 5.10 Å². The highest BCUT2D eigenvalue weighted by Gasteiger charge is 2.13. The lowest BCUT2D eigenvalue weighted by molar-refractivity contribution is -0.144. The molecule has 0 atom stereocenters. The Hall–Kier alpha value is -2.60. The van der Waals surface area contributed by atoms with Crippen LogP contribution in [0.1, 0.15) is 29.1 Å². The minimum Gasteiger partial charge on any atom is -0.488 e. The summed E-state index contributed by atoms with van der Waals surface area (Å²) in [4.78, 5) is 16.6. The molecule has 0 bridgehead atoms. The lowest BCUT2D eigenvalue weighted by Crippen LogP contribution is -2.14. The number of ether oxygens (including phenoxy) is 2. The fraction of sp³-hybridized carbons (Fsp3) is 0.350. The van der Waals surface area contributed by atoms with E-state index < -0.39 is 0 Å². The summed E-state index contributed by atoms with van der Waals surface area (Å²) in [6.45, 7) is 6.32. The molecule has 2 heterocycles. The lowest BCUT2D eigenvalue weighted by Gasteiger charge is -2.11. The number of carbonyl (C=O) groups excluding carboxylic acids is 1. The van der Waals surface area contributed by atoms with Crippen molar-refractivity contribution in [1.29, 1.82) is 0 Å². The van der Waals surface area contributed by atoms with Gasteiger partial charge >= 0.3 is 5.97 Å². The zero-order chi connectivity index (χ0) is 19.4. The second kappa shape index (κ2) is 8.39. The summed E-state index contributed by atoms with van der Waals surface area (Å²) in [6.07, 6.45) is 0.838. The molecule has 0 fully saturated rings. The molecule has 142 valence electrons. The number of aryl methyl sites for hydroxylation is 3. The van der Waals surface area contributed by atoms with Crippen molar-refractivity contribution in [2.24, 2.45) is 0 Å². The van der Waals surface area contributed by atoms with Crippen molar-refractivity contribution in [3.63, 3.8) is 0 Å². The summed E-state index contributed by atoms with van der Waals surface area (Å²) in [6, 6.07) is 9.13. The molecule has 6 nitrogen and oxygen atoms in total. The number of carbonyl (C=O) groups is 1. The van der Waals surface area contributed by atoms with Gasteiger partial charge in [0.2, 0.25) is 0 Å². The molecule has 0 aliphatic rings. The quantitative estimate of drug-likeness (QED) is 0.455. The first kappa shape index (κ1) is 19.2. The summed E-state index contributed by atoms with van der Waals surface area (Å²) >= 11 is 6.01. The number of halogens is 1. The molecule has 0 unspecified atom stereocenters. The first-order chi connectivity index (χ1) is 13.0. The van der Waals surface area contributed by atoms with E-state index in [1.165, 1.54) is 0 Å². The van der Waals surface area contributed by atoms with Crippen molar-refractivity contribution in [3.8, 4) is 5.75 Å². The Balaban J connectivity index is 1.51. The van der Waals surface area contributed by atoms with E-state index in [1.54, 1.807) is 12.1 Å². The number of hydrogen-bond donors (Lipinski definition) is 0. The van der Waals surface area contributed by atoms with E-state index in [0.717, 1.165) is 28.3 Å². The molecule has 0 amide bonds. The zero-order valence-electron chi connectivity index (χ0n) is 15.7. The van der Waals surface area contributed by atoms with Crippen molar-refractivity contribution in [2.75, 3.05) is 13.2 Å². The molecule has 3 aromatic rings. The predicted molar refractivity (Wildman–Crippen MR) is 103 cm³/mol. The highest BCUT2D eigenvalue weighted by molar-refractivity contribution is 6.32. The van der Waals surface area contributed by atoms with Gasteiger partial charge in [0, 0.05) is 23.9 Å². The van der Waals surface area contributed by atoms with Crippen LogP contribution in [0.25, 0.3) is 5.65 Å². The van der Waals surface area contributed by atoms with Crippen LogP contribution in [0.15, 0.2) is 30.3 Å². The van der Waals surface area contributed by atoms with Crippen LogP contribution >= 0.6 is 11.6 Å². The Morgan fingerprint density at radius 2 is 1.96 bits per heavy atom. The molecule has 3 rings (SSSR count). The molecule has 2 aromatic heterocycles. The third kappa shape index (κ3) is 4.57. The number of esters is 1. The minimum atomic E-state index is -0.270. The Kier molecular flexibility index (Phi) is 5.96. The fourth-order valence-electron chi connectivity index (χ4n) is 2.97. The maximum absolute atomic E-state index is 12.0. The molecule has 0 radical (unpaired) electrons. The molecular weight excluding hydrogens is 366 g/mol. The van der Waals surface area contributed by atoms with Gasteiger partial charge in [-0.1, -0.05) is 23.7 Å². The second-order valence-electron chi connectivity index (χ2n) is 6.32. The summed E-state index contributed by atoms with van der Waals surface area (Å²) in [5, 5.41) is 4.98. The predicted octanol–water partition coefficient (Wildman–Crippen LogP) is 3.86. The van der Waals surface area contributed by atoms with Crippen LogP contribution in [-0.4, -0.2) is 33.8 Å². The molecule has 0 N–H and O–H groups in total. The van der Waals surface area contributed by atoms with Crippen LogP contribution in [0, 0.1) is 20.8 Å². The van der Waals surface area contributed by atoms with Crippen molar-refractivity contribution in [1.82, 2.24) is 14.6 Å². The van der Waals surface area contributed by atoms with E-state index in [4.69, 9.17) is 21.1 Å². The first-order valence-electron chi connectivity index (χ1n) is 8.81. The monoisotopic (exact) mass is 387 g/mol. The van der Waals surface area contributed by atoms with Crippen LogP contribution in [0.3, 0.4) is 0 Å². The van der Waals surface area contributed by atoms with Gasteiger partial charge in [0.25, 0.3) is 0 Å². The molecule has 27 heavy (non-hydrogen) atoms. The number of para-hydroxylation sites is 1. The summed E-state index contributed by atoms with van der Waals surface area (Å²) < 4.78 is 12.6. The van der Waals surface area contributed by atoms with Gasteiger partial charge in [0.15, 0.2) is 5.65 Å². The van der Waals surface area contributed by atoms with Crippen LogP contribution in [0.2, 0.25) is 5.02 Å². The molecule has 1 aromatic carbocycles. The number of benzene rings is 1. The first-order valence-corrected chi connectivity index (χ1v) is 9.19. The van der Waals surface area contributed by atoms with Crippen LogP contribution < -0.4 is 4.74 Å². The number of nitrogens with zero attached hydrogens (tertiary/aromatic N) is 3. The number of aromatic nitrogens is 3. The van der Waals surface area contributed by atoms with Gasteiger partial charge in [-0.25, -0.2) is 9.50 Å². The van der Waals surface area contributed by atoms with Gasteiger partial charge in [-0.15, -0.1) is 0 Å². The molecule has 0 spiro atoms. The highest BCUT2D eigenvalue weighted by atomic mass is 35.5. The van der Waals surface area contributed by atoms with E-state index >= 15 is 0 Å². The Morgan fingerprint density at radius 1 is 1.19 bits per heavy atom. The van der Waals surface area contributed by atoms with Crippen molar-refractivity contribution >= 4 is 23.2 Å². The Labute approximate surface area is 163 Å². The largest absolute Gasteiger partial charge is 0.488 e. The van der Waals surface area contributed by atoms with Crippen LogP contribution in [-0.2, 0) is 16.0 Å². The van der Waals surface area contributed by atoms with Gasteiger partial charge in [0.1, 0.15) is 19.0 Å². The topological polar surface area (TPSA) is 65.7 Å². The normalized spacial score (nSPS) is 11.0. The van der Waals surface area contributed by atoms with E-state index in [0.29, 0.717) is 17.2 Å². The number of fused-ring (bicyclic) bond motifs is 1. The maximum Gasteiger partial charge on any atom is 0.306 e. The Morgan fingerprint density at radius 3 is 2.74 bits per heavy atom. The number of rotatable bonds is 7. The van der Waals surface area contributed by atoms with E-state index in [2.05, 4.69) is 10.1 Å². The summed E-state index contributed by atoms with van der Waals surface area (Å²) in [5.41, 5.74) is 4.68. The minimum absolute atomic E-state index is 0.178. The highest BCUT2D eigenvalue weighted by Crippen LogP contribution is 2.23. The van der Waals surface area contributed by atoms with Gasteiger partial charge < -0.3 is 9.47 Å². The SMILES string of the molecule is Cc1cc2nc(C)c(CCC(=O)OCCOc3ccccc3Cl)c(C)n2n1. The average molecular weight is 388 g/mol. The second-order valence-corrected chi connectivity index (χ2v) is 6.72. The average Bonchev–Trinajstić information content (AvgIpc) is 3.00. The van der Waals surface area contributed by atoms with Crippen molar-refractivity contribution < 1.29 is 14.3 Å². The lowest BCUT2D eigenvalue weighted by atomic mass is 10.1. The molecule has 0 aliphatic carbocycles. The molecule has 7 heteroatoms. The zero-order valence-corrected chi connectivity index (χ0v) is 16.4. The van der Waals surface area contributed by atoms with Crippen molar-refractivity contribution in [2.45, 2.75) is 33.6 Å². The smallest absolute Gasteiger partial charge is 0.306 e. The maximum atomic E-state index is 12.0. The van der Waals surface area contributed by atoms with Gasteiger partial charge in [-0.3, -0.25) is 4.79 Å². The summed E-state index contributed by atoms with van der Waals surface area (Å²) in [5.74, 6) is 0.309.